The van der Waals surface area contributed by atoms with E-state index in [0.717, 1.165) is 16.9 Å². The number of rotatable bonds is 3. The van der Waals surface area contributed by atoms with Crippen molar-refractivity contribution in [3.05, 3.63) is 51.4 Å². The topological polar surface area (TPSA) is 49.8 Å². The molecule has 0 amide bonds. The number of aromatic amines is 1. The molecule has 2 rings (SSSR count). The minimum atomic E-state index is 0.0145. The summed E-state index contributed by atoms with van der Waals surface area (Å²) in [6.07, 6.45) is 0. The maximum Gasteiger partial charge on any atom is 0.275 e. The minimum Gasteiger partial charge on any atom is -0.315 e. The number of benzene rings is 1. The Morgan fingerprint density at radius 3 is 2.47 bits per heavy atom. The summed E-state index contributed by atoms with van der Waals surface area (Å²) in [5, 5.41) is 6.10. The van der Waals surface area contributed by atoms with Gasteiger partial charge in [-0.3, -0.25) is 9.89 Å². The molecule has 0 aliphatic heterocycles. The van der Waals surface area contributed by atoms with Gasteiger partial charge >= 0.3 is 0 Å². The van der Waals surface area contributed by atoms with Gasteiger partial charge in [-0.15, -0.1) is 0 Å². The third-order valence-corrected chi connectivity index (χ3v) is 2.84. The largest absolute Gasteiger partial charge is 0.315 e. The van der Waals surface area contributed by atoms with Gasteiger partial charge in [-0.05, 0) is 33.0 Å². The maximum absolute atomic E-state index is 12.2. The van der Waals surface area contributed by atoms with Crippen LogP contribution in [0.5, 0.6) is 0 Å². The van der Waals surface area contributed by atoms with Crippen LogP contribution < -0.4 is 10.9 Å². The zero-order chi connectivity index (χ0) is 12.4. The molecule has 0 saturated heterocycles. The summed E-state index contributed by atoms with van der Waals surface area (Å²) < 4.78 is 1.58. The second kappa shape index (κ2) is 4.59. The first-order valence-electron chi connectivity index (χ1n) is 5.65. The molecule has 2 N–H and O–H groups in total. The molecule has 0 radical (unpaired) electrons. The van der Waals surface area contributed by atoms with E-state index in [-0.39, 0.29) is 5.56 Å². The summed E-state index contributed by atoms with van der Waals surface area (Å²) in [6, 6.07) is 7.87. The highest BCUT2D eigenvalue weighted by atomic mass is 16.1. The van der Waals surface area contributed by atoms with Crippen molar-refractivity contribution in [2.45, 2.75) is 20.4 Å². The summed E-state index contributed by atoms with van der Waals surface area (Å²) in [6.45, 7) is 4.53. The number of nitrogens with one attached hydrogen (secondary N) is 2. The SMILES string of the molecule is CNCc1c(C)[nH]n(-c2ccc(C)cc2)c1=O. The molecule has 17 heavy (non-hydrogen) atoms. The van der Waals surface area contributed by atoms with E-state index < -0.39 is 0 Å². The fraction of sp³-hybridized carbons (Fsp3) is 0.308. The summed E-state index contributed by atoms with van der Waals surface area (Å²) in [5.74, 6) is 0. The zero-order valence-corrected chi connectivity index (χ0v) is 10.4. The van der Waals surface area contributed by atoms with Crippen LogP contribution >= 0.6 is 0 Å². The molecule has 0 fully saturated rings. The van der Waals surface area contributed by atoms with Crippen LogP contribution in [0.25, 0.3) is 5.69 Å². The van der Waals surface area contributed by atoms with E-state index in [9.17, 15) is 4.79 Å². The van der Waals surface area contributed by atoms with Crippen LogP contribution in [0.3, 0.4) is 0 Å². The maximum atomic E-state index is 12.2. The predicted molar refractivity (Wildman–Crippen MR) is 68.6 cm³/mol. The van der Waals surface area contributed by atoms with Crippen molar-refractivity contribution >= 4 is 0 Å². The summed E-state index contributed by atoms with van der Waals surface area (Å²) >= 11 is 0. The quantitative estimate of drug-likeness (QED) is 0.841. The van der Waals surface area contributed by atoms with E-state index in [2.05, 4.69) is 10.4 Å². The van der Waals surface area contributed by atoms with Gasteiger partial charge in [0.2, 0.25) is 0 Å². The first kappa shape index (κ1) is 11.7. The second-order valence-electron chi connectivity index (χ2n) is 4.22. The van der Waals surface area contributed by atoms with Crippen LogP contribution in [0.2, 0.25) is 0 Å². The number of aryl methyl sites for hydroxylation is 2. The van der Waals surface area contributed by atoms with E-state index in [0.29, 0.717) is 6.54 Å². The Labute approximate surface area is 100 Å². The number of hydrogen-bond donors (Lipinski definition) is 2. The molecule has 90 valence electrons. The predicted octanol–water partition coefficient (Wildman–Crippen LogP) is 1.50. The Bertz CT molecular complexity index is 563. The van der Waals surface area contributed by atoms with Crippen molar-refractivity contribution in [2.24, 2.45) is 0 Å². The van der Waals surface area contributed by atoms with Crippen LogP contribution in [0.1, 0.15) is 16.8 Å². The van der Waals surface area contributed by atoms with Crippen molar-refractivity contribution < 1.29 is 0 Å². The average Bonchev–Trinajstić information content (AvgIpc) is 2.59. The first-order chi connectivity index (χ1) is 8.13. The summed E-state index contributed by atoms with van der Waals surface area (Å²) in [4.78, 5) is 12.2. The normalized spacial score (nSPS) is 10.8. The number of hydrogen-bond acceptors (Lipinski definition) is 2. The van der Waals surface area contributed by atoms with Crippen molar-refractivity contribution in [3.63, 3.8) is 0 Å². The molecule has 0 unspecified atom stereocenters. The Kier molecular flexibility index (Phi) is 3.15. The molecule has 1 heterocycles. The van der Waals surface area contributed by atoms with Crippen LogP contribution in [0, 0.1) is 13.8 Å². The number of aromatic nitrogens is 2. The molecular formula is C13H17N3O. The minimum absolute atomic E-state index is 0.0145. The molecule has 0 aliphatic carbocycles. The van der Waals surface area contributed by atoms with E-state index >= 15 is 0 Å². The monoisotopic (exact) mass is 231 g/mol. The Morgan fingerprint density at radius 2 is 1.88 bits per heavy atom. The van der Waals surface area contributed by atoms with Crippen molar-refractivity contribution in [3.8, 4) is 5.69 Å². The van der Waals surface area contributed by atoms with E-state index in [1.807, 2.05) is 45.2 Å². The lowest BCUT2D eigenvalue weighted by Crippen LogP contribution is -2.20. The van der Waals surface area contributed by atoms with Gasteiger partial charge in [0, 0.05) is 12.2 Å². The fourth-order valence-electron chi connectivity index (χ4n) is 1.84. The molecule has 1 aromatic carbocycles. The van der Waals surface area contributed by atoms with Gasteiger partial charge < -0.3 is 5.32 Å². The van der Waals surface area contributed by atoms with Gasteiger partial charge in [0.05, 0.1) is 11.3 Å². The molecule has 0 saturated carbocycles. The molecule has 1 aromatic heterocycles. The van der Waals surface area contributed by atoms with Crippen molar-refractivity contribution in [2.75, 3.05) is 7.05 Å². The average molecular weight is 231 g/mol. The first-order valence-corrected chi connectivity index (χ1v) is 5.65. The third kappa shape index (κ3) is 2.17. The van der Waals surface area contributed by atoms with Gasteiger partial charge in [0.25, 0.3) is 5.56 Å². The van der Waals surface area contributed by atoms with Gasteiger partial charge in [0.1, 0.15) is 0 Å². The standard InChI is InChI=1S/C13H17N3O/c1-9-4-6-11(7-5-9)16-13(17)12(8-14-3)10(2)15-16/h4-7,14-15H,8H2,1-3H3. The molecule has 2 aromatic rings. The number of H-pyrrole nitrogens is 1. The molecule has 4 heteroatoms. The van der Waals surface area contributed by atoms with Crippen LogP contribution in [0.4, 0.5) is 0 Å². The third-order valence-electron chi connectivity index (χ3n) is 2.84. The summed E-state index contributed by atoms with van der Waals surface area (Å²) in [7, 11) is 1.84. The lowest BCUT2D eigenvalue weighted by Gasteiger charge is -2.01. The zero-order valence-electron chi connectivity index (χ0n) is 10.4. The second-order valence-corrected chi connectivity index (χ2v) is 4.22. The molecular weight excluding hydrogens is 214 g/mol. The Balaban J connectivity index is 2.50. The van der Waals surface area contributed by atoms with Gasteiger partial charge in [-0.2, -0.15) is 0 Å². The van der Waals surface area contributed by atoms with Crippen LogP contribution in [0.15, 0.2) is 29.1 Å². The van der Waals surface area contributed by atoms with Crippen molar-refractivity contribution in [1.82, 2.24) is 15.1 Å². The lowest BCUT2D eigenvalue weighted by molar-refractivity contribution is 0.801. The van der Waals surface area contributed by atoms with Gasteiger partial charge in [-0.1, -0.05) is 17.7 Å². The highest BCUT2D eigenvalue weighted by Gasteiger charge is 2.10. The molecule has 0 bridgehead atoms. The smallest absolute Gasteiger partial charge is 0.275 e. The Hall–Kier alpha value is -1.81. The van der Waals surface area contributed by atoms with Crippen LogP contribution in [-0.2, 0) is 6.54 Å². The van der Waals surface area contributed by atoms with E-state index in [4.69, 9.17) is 0 Å². The van der Waals surface area contributed by atoms with E-state index in [1.54, 1.807) is 4.68 Å². The van der Waals surface area contributed by atoms with Crippen LogP contribution in [-0.4, -0.2) is 16.8 Å². The summed E-state index contributed by atoms with van der Waals surface area (Å²) in [5.41, 5.74) is 3.75. The van der Waals surface area contributed by atoms with E-state index in [1.165, 1.54) is 5.56 Å². The lowest BCUT2D eigenvalue weighted by atomic mass is 10.2. The molecule has 0 aliphatic rings. The van der Waals surface area contributed by atoms with Gasteiger partial charge in [0.15, 0.2) is 0 Å². The number of nitrogens with zero attached hydrogens (tertiary/aromatic N) is 1. The molecule has 0 atom stereocenters. The van der Waals surface area contributed by atoms with Gasteiger partial charge in [-0.25, -0.2) is 4.68 Å². The highest BCUT2D eigenvalue weighted by Crippen LogP contribution is 2.08. The molecule has 0 spiro atoms. The highest BCUT2D eigenvalue weighted by molar-refractivity contribution is 5.35. The molecule has 4 nitrogen and oxygen atoms in total. The van der Waals surface area contributed by atoms with Crippen molar-refractivity contribution in [1.29, 1.82) is 0 Å². The fourth-order valence-corrected chi connectivity index (χ4v) is 1.84. The Morgan fingerprint density at radius 1 is 1.24 bits per heavy atom.